The molecule has 0 unspecified atom stereocenters. The molecule has 3 fully saturated rings. The Hall–Kier alpha value is -2.13. The standard InChI is InChI=1S/C20H28N2O2.C2HF3O2/c23-19(16-6-2-1-3-7-16)21-14-18-10-5-11-20(24-18)12-13-22(15-20)17-8-4-9-17;3-2(4,5)1(6)7/h1-3,6-7,17-18H,4-5,8-15H2,(H,21,23);(H,6,7)/t18-,20+;/m0./s1. The summed E-state index contributed by atoms with van der Waals surface area (Å²) in [4.78, 5) is 23.8. The van der Waals surface area contributed by atoms with Crippen molar-refractivity contribution in [3.63, 3.8) is 0 Å². The van der Waals surface area contributed by atoms with Crippen LogP contribution in [0.2, 0.25) is 0 Å². The lowest BCUT2D eigenvalue weighted by molar-refractivity contribution is -0.192. The van der Waals surface area contributed by atoms with Crippen LogP contribution in [0.1, 0.15) is 55.3 Å². The van der Waals surface area contributed by atoms with Crippen molar-refractivity contribution >= 4 is 11.9 Å². The van der Waals surface area contributed by atoms with Crippen LogP contribution in [0.5, 0.6) is 0 Å². The SMILES string of the molecule is O=C(NC[C@@H]1CCC[C@]2(CCN(C3CCC3)C2)O1)c1ccccc1.O=C(O)C(F)(F)F. The van der Waals surface area contributed by atoms with E-state index >= 15 is 0 Å². The highest BCUT2D eigenvalue weighted by Gasteiger charge is 2.45. The van der Waals surface area contributed by atoms with E-state index in [1.54, 1.807) is 0 Å². The van der Waals surface area contributed by atoms with Crippen molar-refractivity contribution in [2.24, 2.45) is 0 Å². The average Bonchev–Trinajstić information content (AvgIpc) is 3.07. The van der Waals surface area contributed by atoms with Crippen LogP contribution in [0.3, 0.4) is 0 Å². The highest BCUT2D eigenvalue weighted by molar-refractivity contribution is 5.94. The summed E-state index contributed by atoms with van der Waals surface area (Å²) in [6.45, 7) is 2.91. The van der Waals surface area contributed by atoms with Crippen LogP contribution in [0.25, 0.3) is 0 Å². The largest absolute Gasteiger partial charge is 0.490 e. The summed E-state index contributed by atoms with van der Waals surface area (Å²) >= 11 is 0. The van der Waals surface area contributed by atoms with Crippen LogP contribution in [-0.2, 0) is 9.53 Å². The molecule has 2 heterocycles. The molecule has 31 heavy (non-hydrogen) atoms. The Bertz CT molecular complexity index is 755. The van der Waals surface area contributed by atoms with Gasteiger partial charge in [0.05, 0.1) is 11.7 Å². The van der Waals surface area contributed by atoms with Gasteiger partial charge in [-0.15, -0.1) is 0 Å². The van der Waals surface area contributed by atoms with Gasteiger partial charge < -0.3 is 15.2 Å². The number of halogens is 3. The summed E-state index contributed by atoms with van der Waals surface area (Å²) < 4.78 is 38.2. The molecule has 9 heteroatoms. The summed E-state index contributed by atoms with van der Waals surface area (Å²) in [7, 11) is 0. The fourth-order valence-corrected chi connectivity index (χ4v) is 4.40. The van der Waals surface area contributed by atoms with E-state index in [9.17, 15) is 18.0 Å². The van der Waals surface area contributed by atoms with E-state index < -0.39 is 12.1 Å². The van der Waals surface area contributed by atoms with E-state index in [2.05, 4.69) is 10.2 Å². The minimum atomic E-state index is -5.08. The third-order valence-corrected chi connectivity index (χ3v) is 6.28. The second-order valence-electron chi connectivity index (χ2n) is 8.50. The predicted octanol–water partition coefficient (Wildman–Crippen LogP) is 3.62. The number of amides is 1. The van der Waals surface area contributed by atoms with Crippen molar-refractivity contribution in [1.29, 1.82) is 0 Å². The number of likely N-dealkylation sites (tertiary alicyclic amines) is 1. The van der Waals surface area contributed by atoms with E-state index in [0.29, 0.717) is 6.54 Å². The lowest BCUT2D eigenvalue weighted by atomic mass is 9.89. The van der Waals surface area contributed by atoms with Crippen molar-refractivity contribution in [3.8, 4) is 0 Å². The first-order chi connectivity index (χ1) is 14.7. The van der Waals surface area contributed by atoms with Gasteiger partial charge in [-0.1, -0.05) is 24.6 Å². The van der Waals surface area contributed by atoms with Gasteiger partial charge in [-0.25, -0.2) is 4.79 Å². The molecule has 1 aliphatic carbocycles. The van der Waals surface area contributed by atoms with Crippen molar-refractivity contribution in [1.82, 2.24) is 10.2 Å². The molecule has 3 aliphatic rings. The number of hydrogen-bond donors (Lipinski definition) is 2. The molecule has 172 valence electrons. The number of alkyl halides is 3. The highest BCUT2D eigenvalue weighted by atomic mass is 19.4. The number of carboxylic acids is 1. The molecular formula is C22H29F3N2O4. The van der Waals surface area contributed by atoms with Gasteiger partial charge in [0.25, 0.3) is 5.91 Å². The molecule has 0 radical (unpaired) electrons. The van der Waals surface area contributed by atoms with E-state index in [1.165, 1.54) is 38.6 Å². The minimum absolute atomic E-state index is 0.00124. The number of rotatable bonds is 4. The van der Waals surface area contributed by atoms with Gasteiger partial charge in [-0.3, -0.25) is 9.69 Å². The Morgan fingerprint density at radius 3 is 2.39 bits per heavy atom. The van der Waals surface area contributed by atoms with Crippen molar-refractivity contribution in [2.45, 2.75) is 68.9 Å². The molecule has 2 aliphatic heterocycles. The Labute approximate surface area is 179 Å². The number of carbonyl (C=O) groups excluding carboxylic acids is 1. The van der Waals surface area contributed by atoms with Crippen molar-refractivity contribution < 1.29 is 32.6 Å². The van der Waals surface area contributed by atoms with Crippen LogP contribution in [0, 0.1) is 0 Å². The number of carboxylic acid groups (broad SMARTS) is 1. The molecule has 0 bridgehead atoms. The van der Waals surface area contributed by atoms with Gasteiger partial charge in [-0.05, 0) is 50.7 Å². The van der Waals surface area contributed by atoms with Crippen molar-refractivity contribution in [3.05, 3.63) is 35.9 Å². The van der Waals surface area contributed by atoms with Crippen LogP contribution in [0.4, 0.5) is 13.2 Å². The van der Waals surface area contributed by atoms with Gasteiger partial charge >= 0.3 is 12.1 Å². The number of ether oxygens (including phenoxy) is 1. The van der Waals surface area contributed by atoms with E-state index in [1.807, 2.05) is 30.3 Å². The number of aliphatic carboxylic acids is 1. The third kappa shape index (κ3) is 6.43. The molecule has 2 saturated heterocycles. The quantitative estimate of drug-likeness (QED) is 0.745. The lowest BCUT2D eigenvalue weighted by Crippen LogP contribution is -2.48. The molecular weight excluding hydrogens is 413 g/mol. The maximum atomic E-state index is 12.2. The van der Waals surface area contributed by atoms with Crippen LogP contribution in [-0.4, -0.2) is 65.4 Å². The number of hydrogen-bond acceptors (Lipinski definition) is 4. The molecule has 1 saturated carbocycles. The fourth-order valence-electron chi connectivity index (χ4n) is 4.40. The number of nitrogens with zero attached hydrogens (tertiary/aromatic N) is 1. The first-order valence-electron chi connectivity index (χ1n) is 10.7. The maximum absolute atomic E-state index is 12.2. The second-order valence-corrected chi connectivity index (χ2v) is 8.50. The van der Waals surface area contributed by atoms with Gasteiger partial charge in [0, 0.05) is 31.2 Å². The number of nitrogens with one attached hydrogen (secondary N) is 1. The van der Waals surface area contributed by atoms with E-state index in [0.717, 1.165) is 31.0 Å². The molecule has 1 spiro atoms. The fraction of sp³-hybridized carbons (Fsp3) is 0.636. The molecule has 4 rings (SSSR count). The third-order valence-electron chi connectivity index (χ3n) is 6.28. The first-order valence-corrected chi connectivity index (χ1v) is 10.7. The Morgan fingerprint density at radius 1 is 1.13 bits per heavy atom. The average molecular weight is 442 g/mol. The van der Waals surface area contributed by atoms with Gasteiger partial charge in [0.1, 0.15) is 0 Å². The first kappa shape index (κ1) is 23.5. The topological polar surface area (TPSA) is 78.9 Å². The maximum Gasteiger partial charge on any atom is 0.490 e. The molecule has 1 amide bonds. The zero-order valence-electron chi connectivity index (χ0n) is 17.4. The molecule has 0 aromatic heterocycles. The molecule has 2 N–H and O–H groups in total. The summed E-state index contributed by atoms with van der Waals surface area (Å²) in [5.74, 6) is -2.76. The van der Waals surface area contributed by atoms with Crippen molar-refractivity contribution in [2.75, 3.05) is 19.6 Å². The normalized spacial score (nSPS) is 26.6. The summed E-state index contributed by atoms with van der Waals surface area (Å²) in [5.41, 5.74) is 0.774. The summed E-state index contributed by atoms with van der Waals surface area (Å²) in [6.07, 6.45) is 3.81. The van der Waals surface area contributed by atoms with Crippen LogP contribution >= 0.6 is 0 Å². The molecule has 6 nitrogen and oxygen atoms in total. The lowest BCUT2D eigenvalue weighted by Gasteiger charge is -2.41. The van der Waals surface area contributed by atoms with E-state index in [-0.39, 0.29) is 17.6 Å². The van der Waals surface area contributed by atoms with Gasteiger partial charge in [0.15, 0.2) is 0 Å². The van der Waals surface area contributed by atoms with Crippen LogP contribution in [0.15, 0.2) is 30.3 Å². The Kier molecular flexibility index (Phi) is 7.59. The van der Waals surface area contributed by atoms with Crippen LogP contribution < -0.4 is 5.32 Å². The predicted molar refractivity (Wildman–Crippen MR) is 108 cm³/mol. The highest BCUT2D eigenvalue weighted by Crippen LogP contribution is 2.39. The molecule has 1 aromatic rings. The molecule has 1 aromatic carbocycles. The van der Waals surface area contributed by atoms with Gasteiger partial charge in [0.2, 0.25) is 0 Å². The zero-order valence-corrected chi connectivity index (χ0v) is 17.4. The Balaban J connectivity index is 0.000000339. The summed E-state index contributed by atoms with van der Waals surface area (Å²) in [6, 6.07) is 10.2. The van der Waals surface area contributed by atoms with E-state index in [4.69, 9.17) is 14.6 Å². The molecule has 2 atom stereocenters. The minimum Gasteiger partial charge on any atom is -0.475 e. The second kappa shape index (κ2) is 9.99. The Morgan fingerprint density at radius 2 is 1.81 bits per heavy atom. The smallest absolute Gasteiger partial charge is 0.475 e. The zero-order chi connectivity index (χ0) is 22.5. The van der Waals surface area contributed by atoms with Gasteiger partial charge in [-0.2, -0.15) is 13.2 Å². The monoisotopic (exact) mass is 442 g/mol. The number of benzene rings is 1. The number of carbonyl (C=O) groups is 2. The summed E-state index contributed by atoms with van der Waals surface area (Å²) in [5, 5.41) is 10.2.